The Kier molecular flexibility index (Phi) is 4.63. The van der Waals surface area contributed by atoms with Crippen molar-refractivity contribution in [2.75, 3.05) is 13.1 Å². The number of sulfonamides is 1. The molecule has 1 saturated heterocycles. The standard InChI is InChI=1S/C14H19FN2O3S/c1-10(18)17-6-4-11(5-7-17)8-12-9-13(21(16,19)20)2-3-14(12)15/h2-3,9,11H,4-8H2,1H3,(H2,16,19,20). The molecule has 0 bridgehead atoms. The van der Waals surface area contributed by atoms with Gasteiger partial charge in [-0.1, -0.05) is 0 Å². The quantitative estimate of drug-likeness (QED) is 0.912. The summed E-state index contributed by atoms with van der Waals surface area (Å²) < 4.78 is 36.5. The van der Waals surface area contributed by atoms with E-state index in [1.54, 1.807) is 4.90 Å². The molecule has 116 valence electrons. The average molecular weight is 314 g/mol. The van der Waals surface area contributed by atoms with E-state index in [0.29, 0.717) is 25.1 Å². The normalized spacial score (nSPS) is 17.0. The highest BCUT2D eigenvalue weighted by Gasteiger charge is 2.22. The second kappa shape index (κ2) is 6.11. The first kappa shape index (κ1) is 15.9. The molecule has 0 saturated carbocycles. The van der Waals surface area contributed by atoms with E-state index >= 15 is 0 Å². The highest BCUT2D eigenvalue weighted by molar-refractivity contribution is 7.89. The Labute approximate surface area is 124 Å². The molecule has 1 aliphatic heterocycles. The van der Waals surface area contributed by atoms with Gasteiger partial charge < -0.3 is 4.90 Å². The fraction of sp³-hybridized carbons (Fsp3) is 0.500. The van der Waals surface area contributed by atoms with Crippen LogP contribution >= 0.6 is 0 Å². The molecular weight excluding hydrogens is 295 g/mol. The lowest BCUT2D eigenvalue weighted by molar-refractivity contribution is -0.130. The predicted molar refractivity (Wildman–Crippen MR) is 76.5 cm³/mol. The predicted octanol–water partition coefficient (Wildman–Crippen LogP) is 1.27. The zero-order chi connectivity index (χ0) is 15.6. The summed E-state index contributed by atoms with van der Waals surface area (Å²) in [5, 5.41) is 5.07. The topological polar surface area (TPSA) is 80.5 Å². The van der Waals surface area contributed by atoms with Crippen LogP contribution < -0.4 is 5.14 Å². The lowest BCUT2D eigenvalue weighted by atomic mass is 9.90. The number of benzene rings is 1. The van der Waals surface area contributed by atoms with Crippen LogP contribution in [-0.2, 0) is 21.2 Å². The lowest BCUT2D eigenvalue weighted by Crippen LogP contribution is -2.37. The van der Waals surface area contributed by atoms with Crippen molar-refractivity contribution in [3.05, 3.63) is 29.6 Å². The van der Waals surface area contributed by atoms with Crippen LogP contribution in [0.2, 0.25) is 0 Å². The Morgan fingerprint density at radius 2 is 2.00 bits per heavy atom. The van der Waals surface area contributed by atoms with Crippen LogP contribution in [0, 0.1) is 11.7 Å². The first-order chi connectivity index (χ1) is 9.77. The molecule has 5 nitrogen and oxygen atoms in total. The molecule has 0 atom stereocenters. The summed E-state index contributed by atoms with van der Waals surface area (Å²) in [4.78, 5) is 13.0. The Balaban J connectivity index is 2.09. The number of amides is 1. The molecule has 0 spiro atoms. The molecule has 1 aromatic carbocycles. The molecule has 21 heavy (non-hydrogen) atoms. The van der Waals surface area contributed by atoms with Crippen molar-refractivity contribution in [1.29, 1.82) is 0 Å². The van der Waals surface area contributed by atoms with E-state index in [9.17, 15) is 17.6 Å². The first-order valence-electron chi connectivity index (χ1n) is 6.84. The van der Waals surface area contributed by atoms with E-state index in [1.807, 2.05) is 0 Å². The number of piperidine rings is 1. The van der Waals surface area contributed by atoms with Gasteiger partial charge in [0, 0.05) is 20.0 Å². The van der Waals surface area contributed by atoms with Crippen molar-refractivity contribution < 1.29 is 17.6 Å². The molecule has 2 N–H and O–H groups in total. The Hall–Kier alpha value is -1.47. The molecule has 1 fully saturated rings. The van der Waals surface area contributed by atoms with Crippen LogP contribution in [0.4, 0.5) is 4.39 Å². The van der Waals surface area contributed by atoms with E-state index in [1.165, 1.54) is 19.1 Å². The number of hydrogen-bond acceptors (Lipinski definition) is 3. The minimum atomic E-state index is -3.82. The maximum absolute atomic E-state index is 13.8. The van der Waals surface area contributed by atoms with Crippen LogP contribution in [0.5, 0.6) is 0 Å². The van der Waals surface area contributed by atoms with Crippen molar-refractivity contribution >= 4 is 15.9 Å². The number of hydrogen-bond donors (Lipinski definition) is 1. The SMILES string of the molecule is CC(=O)N1CCC(Cc2cc(S(N)(=O)=O)ccc2F)CC1. The number of carbonyl (C=O) groups is 1. The van der Waals surface area contributed by atoms with Gasteiger partial charge in [0.05, 0.1) is 4.90 Å². The van der Waals surface area contributed by atoms with Crippen molar-refractivity contribution in [2.45, 2.75) is 31.1 Å². The second-order valence-electron chi connectivity index (χ2n) is 5.45. The molecule has 1 aliphatic rings. The number of halogens is 1. The van der Waals surface area contributed by atoms with Crippen LogP contribution in [-0.4, -0.2) is 32.3 Å². The van der Waals surface area contributed by atoms with E-state index in [-0.39, 0.29) is 16.7 Å². The first-order valence-corrected chi connectivity index (χ1v) is 8.38. The summed E-state index contributed by atoms with van der Waals surface area (Å²) in [7, 11) is -3.82. The van der Waals surface area contributed by atoms with Gasteiger partial charge in [0.25, 0.3) is 0 Å². The molecular formula is C14H19FN2O3S. The third kappa shape index (κ3) is 4.01. The van der Waals surface area contributed by atoms with Crippen LogP contribution in [0.25, 0.3) is 0 Å². The van der Waals surface area contributed by atoms with Gasteiger partial charge in [-0.2, -0.15) is 0 Å². The molecule has 2 rings (SSSR count). The van der Waals surface area contributed by atoms with Crippen LogP contribution in [0.1, 0.15) is 25.3 Å². The Morgan fingerprint density at radius 1 is 1.38 bits per heavy atom. The molecule has 1 heterocycles. The summed E-state index contributed by atoms with van der Waals surface area (Å²) in [5.41, 5.74) is 0.364. The third-order valence-corrected chi connectivity index (χ3v) is 4.83. The van der Waals surface area contributed by atoms with Gasteiger partial charge in [0.1, 0.15) is 5.82 Å². The van der Waals surface area contributed by atoms with Gasteiger partial charge in [0.2, 0.25) is 15.9 Å². The molecule has 1 amide bonds. The largest absolute Gasteiger partial charge is 0.343 e. The zero-order valence-electron chi connectivity index (χ0n) is 11.9. The van der Waals surface area contributed by atoms with Crippen LogP contribution in [0.15, 0.2) is 23.1 Å². The summed E-state index contributed by atoms with van der Waals surface area (Å²) in [6.07, 6.45) is 2.04. The number of carbonyl (C=O) groups excluding carboxylic acids is 1. The number of nitrogens with zero attached hydrogens (tertiary/aromatic N) is 1. The van der Waals surface area contributed by atoms with Gasteiger partial charge >= 0.3 is 0 Å². The van der Waals surface area contributed by atoms with Gasteiger partial charge in [0.15, 0.2) is 0 Å². The highest BCUT2D eigenvalue weighted by atomic mass is 32.2. The van der Waals surface area contributed by atoms with Crippen molar-refractivity contribution in [3.8, 4) is 0 Å². The summed E-state index contributed by atoms with van der Waals surface area (Å²) in [5.74, 6) is -0.127. The van der Waals surface area contributed by atoms with Gasteiger partial charge in [-0.25, -0.2) is 17.9 Å². The van der Waals surface area contributed by atoms with Gasteiger partial charge in [-0.3, -0.25) is 4.79 Å². The van der Waals surface area contributed by atoms with E-state index in [0.717, 1.165) is 18.9 Å². The highest BCUT2D eigenvalue weighted by Crippen LogP contribution is 2.24. The molecule has 0 aliphatic carbocycles. The van der Waals surface area contributed by atoms with Crippen molar-refractivity contribution in [1.82, 2.24) is 4.90 Å². The number of nitrogens with two attached hydrogens (primary N) is 1. The summed E-state index contributed by atoms with van der Waals surface area (Å²) in [6, 6.07) is 3.62. The maximum atomic E-state index is 13.8. The van der Waals surface area contributed by atoms with E-state index < -0.39 is 15.8 Å². The molecule has 0 radical (unpaired) electrons. The van der Waals surface area contributed by atoms with Gasteiger partial charge in [-0.15, -0.1) is 0 Å². The number of primary sulfonamides is 1. The maximum Gasteiger partial charge on any atom is 0.238 e. The Bertz CT molecular complexity index is 638. The van der Waals surface area contributed by atoms with Crippen molar-refractivity contribution in [3.63, 3.8) is 0 Å². The van der Waals surface area contributed by atoms with E-state index in [2.05, 4.69) is 0 Å². The summed E-state index contributed by atoms with van der Waals surface area (Å²) in [6.45, 7) is 2.86. The molecule has 7 heteroatoms. The third-order valence-electron chi connectivity index (χ3n) is 3.91. The monoisotopic (exact) mass is 314 g/mol. The molecule has 0 aromatic heterocycles. The minimum Gasteiger partial charge on any atom is -0.343 e. The molecule has 0 unspecified atom stereocenters. The fourth-order valence-corrected chi connectivity index (χ4v) is 3.21. The smallest absolute Gasteiger partial charge is 0.238 e. The summed E-state index contributed by atoms with van der Waals surface area (Å²) >= 11 is 0. The lowest BCUT2D eigenvalue weighted by Gasteiger charge is -2.31. The minimum absolute atomic E-state index is 0.0517. The number of likely N-dealkylation sites (tertiary alicyclic amines) is 1. The van der Waals surface area contributed by atoms with Crippen LogP contribution in [0.3, 0.4) is 0 Å². The Morgan fingerprint density at radius 3 is 2.52 bits per heavy atom. The second-order valence-corrected chi connectivity index (χ2v) is 7.01. The van der Waals surface area contributed by atoms with Gasteiger partial charge in [-0.05, 0) is 48.9 Å². The number of rotatable bonds is 3. The average Bonchev–Trinajstić information content (AvgIpc) is 2.40. The molecule has 1 aromatic rings. The zero-order valence-corrected chi connectivity index (χ0v) is 12.7. The fourth-order valence-electron chi connectivity index (χ4n) is 2.65. The van der Waals surface area contributed by atoms with Crippen molar-refractivity contribution in [2.24, 2.45) is 11.1 Å². The van der Waals surface area contributed by atoms with E-state index in [4.69, 9.17) is 5.14 Å².